The molecule has 0 radical (unpaired) electrons. The first-order valence-corrected chi connectivity index (χ1v) is 5.84. The highest BCUT2D eigenvalue weighted by atomic mass is 16.5. The summed E-state index contributed by atoms with van der Waals surface area (Å²) in [6.45, 7) is 2.05. The number of hydrogen-bond donors (Lipinski definition) is 3. The minimum atomic E-state index is -0.154. The minimum Gasteiger partial charge on any atom is -0.375 e. The molecule has 94 valence electrons. The van der Waals surface area contributed by atoms with Gasteiger partial charge in [0, 0.05) is 19.6 Å². The van der Waals surface area contributed by atoms with Crippen LogP contribution >= 0.6 is 0 Å². The number of amides is 1. The molecule has 0 aromatic carbocycles. The molecule has 1 aromatic rings. The molecule has 2 heterocycles. The molecular formula is C11H18N4O2. The number of nitrogens with zero attached hydrogens (tertiary/aromatic N) is 1. The van der Waals surface area contributed by atoms with Crippen molar-refractivity contribution in [2.24, 2.45) is 0 Å². The molecule has 1 aliphatic rings. The van der Waals surface area contributed by atoms with E-state index < -0.39 is 0 Å². The molecule has 1 atom stereocenters. The van der Waals surface area contributed by atoms with Crippen LogP contribution in [0.25, 0.3) is 0 Å². The zero-order valence-electron chi connectivity index (χ0n) is 9.95. The van der Waals surface area contributed by atoms with Gasteiger partial charge in [-0.1, -0.05) is 0 Å². The van der Waals surface area contributed by atoms with E-state index in [0.29, 0.717) is 5.92 Å². The third kappa shape index (κ3) is 3.04. The smallest absolute Gasteiger partial charge is 0.250 e. The number of aromatic nitrogens is 2. The van der Waals surface area contributed by atoms with Gasteiger partial charge >= 0.3 is 0 Å². The van der Waals surface area contributed by atoms with Gasteiger partial charge in [0.25, 0.3) is 0 Å². The van der Waals surface area contributed by atoms with Crippen molar-refractivity contribution in [1.82, 2.24) is 15.5 Å². The van der Waals surface area contributed by atoms with E-state index in [0.717, 1.165) is 37.3 Å². The van der Waals surface area contributed by atoms with Crippen molar-refractivity contribution in [2.75, 3.05) is 32.1 Å². The highest BCUT2D eigenvalue weighted by Crippen LogP contribution is 2.27. The molecule has 0 unspecified atom stereocenters. The zero-order valence-corrected chi connectivity index (χ0v) is 9.95. The number of carbonyl (C=O) groups excluding carboxylic acids is 1. The van der Waals surface area contributed by atoms with E-state index in [4.69, 9.17) is 4.74 Å². The van der Waals surface area contributed by atoms with Crippen molar-refractivity contribution >= 4 is 11.6 Å². The summed E-state index contributed by atoms with van der Waals surface area (Å²) in [6.07, 6.45) is 3.91. The number of aromatic amines is 1. The van der Waals surface area contributed by atoms with Crippen molar-refractivity contribution in [3.05, 3.63) is 11.9 Å². The highest BCUT2D eigenvalue weighted by Gasteiger charge is 2.20. The lowest BCUT2D eigenvalue weighted by atomic mass is 9.95. The minimum absolute atomic E-state index is 0.0630. The Labute approximate surface area is 100 Å². The Hall–Kier alpha value is -1.40. The predicted molar refractivity (Wildman–Crippen MR) is 63.9 cm³/mol. The van der Waals surface area contributed by atoms with E-state index in [9.17, 15) is 4.79 Å². The van der Waals surface area contributed by atoms with E-state index in [1.165, 1.54) is 7.11 Å². The third-order valence-corrected chi connectivity index (χ3v) is 2.92. The van der Waals surface area contributed by atoms with Gasteiger partial charge in [0.15, 0.2) is 0 Å². The van der Waals surface area contributed by atoms with Gasteiger partial charge in [-0.2, -0.15) is 5.10 Å². The fourth-order valence-corrected chi connectivity index (χ4v) is 2.12. The molecule has 17 heavy (non-hydrogen) atoms. The quantitative estimate of drug-likeness (QED) is 0.712. The molecule has 1 fully saturated rings. The maximum absolute atomic E-state index is 11.5. The van der Waals surface area contributed by atoms with Gasteiger partial charge in [0.2, 0.25) is 5.91 Å². The van der Waals surface area contributed by atoms with E-state index >= 15 is 0 Å². The maximum atomic E-state index is 11.5. The van der Waals surface area contributed by atoms with Gasteiger partial charge in [-0.05, 0) is 19.4 Å². The summed E-state index contributed by atoms with van der Waals surface area (Å²) in [5.41, 5.74) is 1.77. The van der Waals surface area contributed by atoms with Crippen LogP contribution < -0.4 is 10.6 Å². The molecular weight excluding hydrogens is 220 g/mol. The monoisotopic (exact) mass is 238 g/mol. The third-order valence-electron chi connectivity index (χ3n) is 2.92. The second kappa shape index (κ2) is 5.79. The first kappa shape index (κ1) is 12.1. The number of piperidine rings is 1. The standard InChI is InChI=1S/C11H18N4O2/c1-17-7-10(16)14-9-6-13-15-11(9)8-3-2-4-12-5-8/h6,8,12H,2-5,7H2,1H3,(H,13,15)(H,14,16)/t8-/m1/s1. The van der Waals surface area contributed by atoms with Crippen LogP contribution in [0.3, 0.4) is 0 Å². The molecule has 1 aromatic heterocycles. The van der Waals surface area contributed by atoms with Crippen LogP contribution in [-0.4, -0.2) is 42.9 Å². The van der Waals surface area contributed by atoms with Crippen LogP contribution in [-0.2, 0) is 9.53 Å². The lowest BCUT2D eigenvalue weighted by Crippen LogP contribution is -2.29. The van der Waals surface area contributed by atoms with Crippen molar-refractivity contribution in [2.45, 2.75) is 18.8 Å². The molecule has 3 N–H and O–H groups in total. The van der Waals surface area contributed by atoms with Crippen LogP contribution in [0.2, 0.25) is 0 Å². The van der Waals surface area contributed by atoms with Crippen LogP contribution in [0.4, 0.5) is 5.69 Å². The Kier molecular flexibility index (Phi) is 4.11. The average molecular weight is 238 g/mol. The van der Waals surface area contributed by atoms with Gasteiger partial charge in [-0.25, -0.2) is 0 Å². The molecule has 1 saturated heterocycles. The summed E-state index contributed by atoms with van der Waals surface area (Å²) < 4.78 is 4.78. The SMILES string of the molecule is COCC(=O)Nc1cn[nH]c1[C@@H]1CCCNC1. The predicted octanol–water partition coefficient (Wildman–Crippen LogP) is 0.462. The molecule has 0 saturated carbocycles. The first-order chi connectivity index (χ1) is 8.31. The van der Waals surface area contributed by atoms with E-state index in [2.05, 4.69) is 20.8 Å². The van der Waals surface area contributed by atoms with Gasteiger partial charge in [-0.15, -0.1) is 0 Å². The molecule has 1 aliphatic heterocycles. The van der Waals surface area contributed by atoms with Crippen molar-refractivity contribution < 1.29 is 9.53 Å². The lowest BCUT2D eigenvalue weighted by molar-refractivity contribution is -0.119. The van der Waals surface area contributed by atoms with E-state index in [1.54, 1.807) is 6.20 Å². The van der Waals surface area contributed by atoms with Gasteiger partial charge in [-0.3, -0.25) is 9.89 Å². The molecule has 0 aliphatic carbocycles. The van der Waals surface area contributed by atoms with Crippen molar-refractivity contribution in [3.8, 4) is 0 Å². The van der Waals surface area contributed by atoms with E-state index in [-0.39, 0.29) is 12.5 Å². The number of H-pyrrole nitrogens is 1. The highest BCUT2D eigenvalue weighted by molar-refractivity contribution is 5.92. The molecule has 6 nitrogen and oxygen atoms in total. The largest absolute Gasteiger partial charge is 0.375 e. The molecule has 6 heteroatoms. The number of hydrogen-bond acceptors (Lipinski definition) is 4. The fraction of sp³-hybridized carbons (Fsp3) is 0.636. The molecule has 0 bridgehead atoms. The second-order valence-corrected chi connectivity index (χ2v) is 4.22. The number of carbonyl (C=O) groups is 1. The summed E-state index contributed by atoms with van der Waals surface area (Å²) in [4.78, 5) is 11.5. The fourth-order valence-electron chi connectivity index (χ4n) is 2.12. The summed E-state index contributed by atoms with van der Waals surface area (Å²) in [7, 11) is 1.50. The Morgan fingerprint density at radius 2 is 2.59 bits per heavy atom. The summed E-state index contributed by atoms with van der Waals surface area (Å²) >= 11 is 0. The number of ether oxygens (including phenoxy) is 1. The van der Waals surface area contributed by atoms with Crippen molar-refractivity contribution in [3.63, 3.8) is 0 Å². The summed E-state index contributed by atoms with van der Waals surface area (Å²) in [6, 6.07) is 0. The number of nitrogens with one attached hydrogen (secondary N) is 3. The Morgan fingerprint density at radius 3 is 3.29 bits per heavy atom. The normalized spacial score (nSPS) is 20.2. The van der Waals surface area contributed by atoms with Crippen molar-refractivity contribution in [1.29, 1.82) is 0 Å². The van der Waals surface area contributed by atoms with Crippen LogP contribution in [0.1, 0.15) is 24.5 Å². The molecule has 0 spiro atoms. The first-order valence-electron chi connectivity index (χ1n) is 5.84. The maximum Gasteiger partial charge on any atom is 0.250 e. The van der Waals surface area contributed by atoms with Gasteiger partial charge < -0.3 is 15.4 Å². The summed E-state index contributed by atoms with van der Waals surface area (Å²) in [5.74, 6) is 0.239. The lowest BCUT2D eigenvalue weighted by Gasteiger charge is -2.22. The molecule has 2 rings (SSSR count). The number of methoxy groups -OCH3 is 1. The van der Waals surface area contributed by atoms with Crippen LogP contribution in [0.5, 0.6) is 0 Å². The topological polar surface area (TPSA) is 79.0 Å². The number of anilines is 1. The average Bonchev–Trinajstić information content (AvgIpc) is 2.78. The van der Waals surface area contributed by atoms with E-state index in [1.807, 2.05) is 0 Å². The molecule has 1 amide bonds. The van der Waals surface area contributed by atoms with Gasteiger partial charge in [0.1, 0.15) is 6.61 Å². The second-order valence-electron chi connectivity index (χ2n) is 4.22. The summed E-state index contributed by atoms with van der Waals surface area (Å²) in [5, 5.41) is 13.1. The Morgan fingerprint density at radius 1 is 1.71 bits per heavy atom. The number of rotatable bonds is 4. The van der Waals surface area contributed by atoms with Gasteiger partial charge in [0.05, 0.1) is 17.6 Å². The van der Waals surface area contributed by atoms with Crippen LogP contribution in [0.15, 0.2) is 6.20 Å². The zero-order chi connectivity index (χ0) is 12.1. The Bertz CT molecular complexity index is 371. The Balaban J connectivity index is 2.02. The van der Waals surface area contributed by atoms with Crippen LogP contribution in [0, 0.1) is 0 Å².